The Labute approximate surface area is 110 Å². The molecule has 0 aliphatic rings. The molecule has 0 spiro atoms. The number of hydrogen-bond acceptors (Lipinski definition) is 5. The van der Waals surface area contributed by atoms with Crippen LogP contribution in [0.15, 0.2) is 0 Å². The van der Waals surface area contributed by atoms with Gasteiger partial charge in [0.05, 0.1) is 7.11 Å². The van der Waals surface area contributed by atoms with Gasteiger partial charge in [0.25, 0.3) is 0 Å². The highest BCUT2D eigenvalue weighted by atomic mass is 32.3. The second-order valence-corrected chi connectivity index (χ2v) is 4.27. The third kappa shape index (κ3) is 3.34. The lowest BCUT2D eigenvalue weighted by atomic mass is 10.0. The lowest BCUT2D eigenvalue weighted by Crippen LogP contribution is -2.66. The molecule has 126 valence electrons. The van der Waals surface area contributed by atoms with E-state index in [1.54, 1.807) is 0 Å². The number of methoxy groups -OCH3 is 1. The molecule has 0 fully saturated rings. The van der Waals surface area contributed by atoms with Gasteiger partial charge in [-0.2, -0.15) is 47.7 Å². The Morgan fingerprint density at radius 3 is 1.57 bits per heavy atom. The molecule has 0 radical (unpaired) electrons. The fraction of sp³-hybridized carbons (Fsp3) is 0.833. The van der Waals surface area contributed by atoms with Crippen LogP contribution in [0.1, 0.15) is 0 Å². The molecule has 15 heteroatoms. The van der Waals surface area contributed by atoms with Gasteiger partial charge in [0, 0.05) is 0 Å². The number of halogens is 8. The van der Waals surface area contributed by atoms with Crippen molar-refractivity contribution < 1.29 is 61.8 Å². The molecular formula is C6H4F8O6S. The Bertz CT molecular complexity index is 512. The molecule has 1 N–H and O–H groups in total. The van der Waals surface area contributed by atoms with Gasteiger partial charge >= 0.3 is 40.2 Å². The zero-order valence-corrected chi connectivity index (χ0v) is 10.2. The second-order valence-electron chi connectivity index (χ2n) is 3.24. The number of hydrogen-bond donors (Lipinski definition) is 1. The van der Waals surface area contributed by atoms with Crippen LogP contribution in [0.2, 0.25) is 0 Å². The Hall–Kier alpha value is -1.22. The van der Waals surface area contributed by atoms with Gasteiger partial charge in [-0.15, -0.1) is 0 Å². The lowest BCUT2D eigenvalue weighted by molar-refractivity contribution is -0.396. The Kier molecular flexibility index (Phi) is 4.90. The highest BCUT2D eigenvalue weighted by molar-refractivity contribution is 7.81. The summed E-state index contributed by atoms with van der Waals surface area (Å²) in [7, 11) is -6.33. The molecule has 1 unspecified atom stereocenters. The van der Waals surface area contributed by atoms with Crippen LogP contribution in [-0.4, -0.2) is 49.9 Å². The summed E-state index contributed by atoms with van der Waals surface area (Å²) in [6.45, 7) is 0. The average Bonchev–Trinajstić information content (AvgIpc) is 2.23. The zero-order chi connectivity index (χ0) is 17.5. The van der Waals surface area contributed by atoms with E-state index >= 15 is 0 Å². The first-order valence-electron chi connectivity index (χ1n) is 4.22. The predicted molar refractivity (Wildman–Crippen MR) is 44.4 cm³/mol. The number of carbonyl (C=O) groups is 1. The molecule has 0 aromatic rings. The fourth-order valence-electron chi connectivity index (χ4n) is 0.871. The largest absolute Gasteiger partial charge is 0.465 e. The third-order valence-electron chi connectivity index (χ3n) is 1.82. The summed E-state index contributed by atoms with van der Waals surface area (Å²) in [5.74, 6) is -23.8. The van der Waals surface area contributed by atoms with E-state index in [1.165, 1.54) is 0 Å². The topological polar surface area (TPSA) is 89.9 Å². The highest BCUT2D eigenvalue weighted by Crippen LogP contribution is 2.53. The molecule has 0 amide bonds. The normalized spacial score (nSPS) is 17.2. The minimum atomic E-state index is -7.24. The first-order valence-corrected chi connectivity index (χ1v) is 5.58. The third-order valence-corrected chi connectivity index (χ3v) is 2.26. The second kappa shape index (κ2) is 5.20. The van der Waals surface area contributed by atoms with E-state index in [4.69, 9.17) is 4.55 Å². The minimum absolute atomic E-state index is 0.0474. The summed E-state index contributed by atoms with van der Waals surface area (Å²) in [5, 5.41) is 0. The first kappa shape index (κ1) is 19.8. The smallest absolute Gasteiger partial charge is 0.460 e. The molecule has 0 aliphatic carbocycles. The predicted octanol–water partition coefficient (Wildman–Crippen LogP) is 1.48. The van der Waals surface area contributed by atoms with Crippen LogP contribution in [0.5, 0.6) is 0 Å². The molecule has 6 nitrogen and oxygen atoms in total. The van der Waals surface area contributed by atoms with Gasteiger partial charge < -0.3 is 4.74 Å². The van der Waals surface area contributed by atoms with E-state index in [0.717, 1.165) is 0 Å². The molecule has 0 heterocycles. The number of rotatable bonds is 5. The molecule has 0 bridgehead atoms. The molecule has 0 saturated carbocycles. The van der Waals surface area contributed by atoms with Gasteiger partial charge in [0.1, 0.15) is 0 Å². The van der Waals surface area contributed by atoms with E-state index in [2.05, 4.69) is 8.92 Å². The van der Waals surface area contributed by atoms with Crippen molar-refractivity contribution in [3.8, 4) is 0 Å². The molecule has 0 aliphatic heterocycles. The minimum Gasteiger partial charge on any atom is -0.465 e. The molecular weight excluding hydrogens is 352 g/mol. The maximum atomic E-state index is 13.5. The maximum Gasteiger partial charge on any atom is 0.460 e. The summed E-state index contributed by atoms with van der Waals surface area (Å²) in [4.78, 5) is 10.7. The van der Waals surface area contributed by atoms with Crippen LogP contribution >= 0.6 is 0 Å². The number of ether oxygens (including phenoxy) is 1. The van der Waals surface area contributed by atoms with Gasteiger partial charge in [0.2, 0.25) is 0 Å². The van der Waals surface area contributed by atoms with Crippen LogP contribution in [0.25, 0.3) is 0 Å². The van der Waals surface area contributed by atoms with E-state index in [9.17, 15) is 48.3 Å². The Balaban J connectivity index is 6.25. The summed E-state index contributed by atoms with van der Waals surface area (Å²) >= 11 is 0. The van der Waals surface area contributed by atoms with Gasteiger partial charge in [-0.05, 0) is 0 Å². The fourth-order valence-corrected chi connectivity index (χ4v) is 1.33. The summed E-state index contributed by atoms with van der Waals surface area (Å²) in [6, 6.07) is 0. The van der Waals surface area contributed by atoms with Crippen molar-refractivity contribution in [1.82, 2.24) is 0 Å². The Morgan fingerprint density at radius 1 is 0.952 bits per heavy atom. The standard InChI is InChI=1S/C6H4F8O6S/c1-19-2(15)3(7,20-21(16,17)18)4(8,9)5(10,11)6(12,13)14/h1H3,(H,16,17,18). The highest BCUT2D eigenvalue weighted by Gasteiger charge is 2.85. The van der Waals surface area contributed by atoms with Crippen LogP contribution < -0.4 is 0 Å². The van der Waals surface area contributed by atoms with E-state index in [0.29, 0.717) is 0 Å². The van der Waals surface area contributed by atoms with E-state index in [1.807, 2.05) is 0 Å². The van der Waals surface area contributed by atoms with Crippen LogP contribution in [0, 0.1) is 0 Å². The van der Waals surface area contributed by atoms with Crippen molar-refractivity contribution in [2.24, 2.45) is 0 Å². The zero-order valence-electron chi connectivity index (χ0n) is 9.42. The van der Waals surface area contributed by atoms with Crippen molar-refractivity contribution in [1.29, 1.82) is 0 Å². The van der Waals surface area contributed by atoms with Crippen molar-refractivity contribution in [2.45, 2.75) is 23.9 Å². The van der Waals surface area contributed by atoms with E-state index < -0.39 is 40.2 Å². The van der Waals surface area contributed by atoms with E-state index in [-0.39, 0.29) is 7.11 Å². The van der Waals surface area contributed by atoms with Gasteiger partial charge in [-0.1, -0.05) is 0 Å². The monoisotopic (exact) mass is 356 g/mol. The van der Waals surface area contributed by atoms with Crippen molar-refractivity contribution in [3.63, 3.8) is 0 Å². The summed E-state index contributed by atoms with van der Waals surface area (Å²) in [6.07, 6.45) is -7.09. The molecule has 1 atom stereocenters. The number of carbonyl (C=O) groups excluding carboxylic acids is 1. The molecule has 0 rings (SSSR count). The number of esters is 1. The molecule has 0 saturated heterocycles. The van der Waals surface area contributed by atoms with Gasteiger partial charge in [0.15, 0.2) is 0 Å². The maximum absolute atomic E-state index is 13.5. The van der Waals surface area contributed by atoms with Gasteiger partial charge in [-0.3, -0.25) is 4.55 Å². The van der Waals surface area contributed by atoms with Crippen LogP contribution in [-0.2, 0) is 24.1 Å². The first-order chi connectivity index (χ1) is 8.94. The van der Waals surface area contributed by atoms with Crippen molar-refractivity contribution >= 4 is 16.4 Å². The van der Waals surface area contributed by atoms with Crippen molar-refractivity contribution in [2.75, 3.05) is 7.11 Å². The quantitative estimate of drug-likeness (QED) is 0.456. The van der Waals surface area contributed by atoms with Crippen LogP contribution in [0.3, 0.4) is 0 Å². The Morgan fingerprint density at radius 2 is 1.33 bits per heavy atom. The van der Waals surface area contributed by atoms with Gasteiger partial charge in [-0.25, -0.2) is 4.79 Å². The summed E-state index contributed by atoms with van der Waals surface area (Å²) < 4.78 is 134. The summed E-state index contributed by atoms with van der Waals surface area (Å²) in [5.41, 5.74) is 0. The number of alkyl halides is 8. The molecule has 0 aromatic carbocycles. The lowest BCUT2D eigenvalue weighted by Gasteiger charge is -2.34. The molecule has 21 heavy (non-hydrogen) atoms. The molecule has 0 aromatic heterocycles. The van der Waals surface area contributed by atoms with Crippen LogP contribution in [0.4, 0.5) is 35.1 Å². The SMILES string of the molecule is COC(=O)C(F)(OS(=O)(=O)O)C(F)(F)C(F)(F)C(F)(F)F. The average molecular weight is 356 g/mol. The van der Waals surface area contributed by atoms with Crippen molar-refractivity contribution in [3.05, 3.63) is 0 Å².